The Bertz CT molecular complexity index is 938. The molecule has 0 atom stereocenters. The number of fused-ring (bicyclic) bond motifs is 1. The van der Waals surface area contributed by atoms with Crippen LogP contribution < -0.4 is 10.5 Å². The average molecular weight is 309 g/mol. The minimum atomic E-state index is -0.489. The van der Waals surface area contributed by atoms with Crippen molar-refractivity contribution in [3.05, 3.63) is 47.8 Å². The summed E-state index contributed by atoms with van der Waals surface area (Å²) in [6.07, 6.45) is 0. The van der Waals surface area contributed by atoms with Gasteiger partial charge in [0, 0.05) is 23.6 Å². The molecule has 1 aromatic heterocycles. The van der Waals surface area contributed by atoms with Crippen molar-refractivity contribution in [2.45, 2.75) is 13.5 Å². The maximum atomic E-state index is 13.9. The van der Waals surface area contributed by atoms with E-state index in [0.29, 0.717) is 29.1 Å². The zero-order chi connectivity index (χ0) is 16.6. The van der Waals surface area contributed by atoms with Gasteiger partial charge >= 0.3 is 0 Å². The fraction of sp³-hybridized carbons (Fsp3) is 0.167. The maximum Gasteiger partial charge on any atom is 0.146 e. The largest absolute Gasteiger partial charge is 0.497 e. The van der Waals surface area contributed by atoms with Crippen molar-refractivity contribution < 1.29 is 9.13 Å². The van der Waals surface area contributed by atoms with Crippen LogP contribution in [0, 0.1) is 17.1 Å². The summed E-state index contributed by atoms with van der Waals surface area (Å²) in [6.45, 7) is 2.63. The number of nitrogen functional groups attached to an aromatic ring is 1. The number of anilines is 1. The van der Waals surface area contributed by atoms with Crippen LogP contribution in [0.25, 0.3) is 22.2 Å². The van der Waals surface area contributed by atoms with Crippen LogP contribution in [0.5, 0.6) is 5.75 Å². The molecule has 5 heteroatoms. The summed E-state index contributed by atoms with van der Waals surface area (Å²) in [4.78, 5) is 0. The first-order chi connectivity index (χ1) is 11.1. The number of hydrogen-bond donors (Lipinski definition) is 1. The molecule has 0 saturated carbocycles. The number of rotatable bonds is 3. The van der Waals surface area contributed by atoms with Crippen LogP contribution in [0.3, 0.4) is 0 Å². The monoisotopic (exact) mass is 309 g/mol. The predicted octanol–water partition coefficient (Wildman–Crippen LogP) is 3.93. The SMILES string of the molecule is CCn1c(-c2ccc(N)c(F)c2)c(C#N)c2ccc(OC)cc21. The van der Waals surface area contributed by atoms with Crippen LogP contribution in [-0.2, 0) is 6.54 Å². The lowest BCUT2D eigenvalue weighted by Crippen LogP contribution is -1.99. The van der Waals surface area contributed by atoms with Crippen LogP contribution in [0.1, 0.15) is 12.5 Å². The van der Waals surface area contributed by atoms with E-state index in [4.69, 9.17) is 10.5 Å². The Kier molecular flexibility index (Phi) is 3.67. The molecule has 0 amide bonds. The molecule has 0 fully saturated rings. The normalized spacial score (nSPS) is 10.7. The van der Waals surface area contributed by atoms with Crippen molar-refractivity contribution in [2.75, 3.05) is 12.8 Å². The second-order valence-electron chi connectivity index (χ2n) is 5.20. The lowest BCUT2D eigenvalue weighted by atomic mass is 10.1. The number of benzene rings is 2. The molecule has 0 radical (unpaired) electrons. The number of ether oxygens (including phenoxy) is 1. The maximum absolute atomic E-state index is 13.9. The van der Waals surface area contributed by atoms with Gasteiger partial charge in [-0.3, -0.25) is 0 Å². The van der Waals surface area contributed by atoms with Gasteiger partial charge in [0.05, 0.1) is 29.6 Å². The molecule has 0 bridgehead atoms. The molecule has 2 N–H and O–H groups in total. The molecule has 3 rings (SSSR count). The van der Waals surface area contributed by atoms with E-state index in [-0.39, 0.29) is 5.69 Å². The second kappa shape index (κ2) is 5.65. The summed E-state index contributed by atoms with van der Waals surface area (Å²) in [5, 5.41) is 10.4. The van der Waals surface area contributed by atoms with Crippen LogP contribution in [0.15, 0.2) is 36.4 Å². The Morgan fingerprint density at radius 1 is 1.26 bits per heavy atom. The first-order valence-electron chi connectivity index (χ1n) is 7.26. The van der Waals surface area contributed by atoms with Crippen molar-refractivity contribution in [3.8, 4) is 23.1 Å². The summed E-state index contributed by atoms with van der Waals surface area (Å²) in [6, 6.07) is 12.4. The van der Waals surface area contributed by atoms with Gasteiger partial charge < -0.3 is 15.0 Å². The molecule has 3 aromatic rings. The van der Waals surface area contributed by atoms with Gasteiger partial charge in [-0.2, -0.15) is 5.26 Å². The molecule has 0 aliphatic rings. The number of nitriles is 1. The van der Waals surface area contributed by atoms with Crippen molar-refractivity contribution in [2.24, 2.45) is 0 Å². The van der Waals surface area contributed by atoms with E-state index in [1.807, 2.05) is 29.7 Å². The average Bonchev–Trinajstić information content (AvgIpc) is 2.89. The summed E-state index contributed by atoms with van der Waals surface area (Å²) in [5.74, 6) is 0.223. The molecule has 1 heterocycles. The lowest BCUT2D eigenvalue weighted by molar-refractivity contribution is 0.415. The minimum absolute atomic E-state index is 0.0908. The number of hydrogen-bond acceptors (Lipinski definition) is 3. The van der Waals surface area contributed by atoms with Crippen LogP contribution in [-0.4, -0.2) is 11.7 Å². The van der Waals surface area contributed by atoms with Gasteiger partial charge in [-0.25, -0.2) is 4.39 Å². The van der Waals surface area contributed by atoms with Gasteiger partial charge in [0.2, 0.25) is 0 Å². The van der Waals surface area contributed by atoms with E-state index >= 15 is 0 Å². The van der Waals surface area contributed by atoms with E-state index in [0.717, 1.165) is 10.9 Å². The molecule has 0 aliphatic heterocycles. The smallest absolute Gasteiger partial charge is 0.146 e. The Balaban J connectivity index is 2.39. The Morgan fingerprint density at radius 3 is 2.65 bits per heavy atom. The van der Waals surface area contributed by atoms with Crippen molar-refractivity contribution in [1.29, 1.82) is 5.26 Å². The van der Waals surface area contributed by atoms with Crippen molar-refractivity contribution in [3.63, 3.8) is 0 Å². The molecule has 4 nitrogen and oxygen atoms in total. The number of nitrogens with zero attached hydrogens (tertiary/aromatic N) is 2. The summed E-state index contributed by atoms with van der Waals surface area (Å²) in [7, 11) is 1.60. The van der Waals surface area contributed by atoms with Gasteiger partial charge in [0.1, 0.15) is 17.6 Å². The Labute approximate surface area is 133 Å². The first-order valence-corrected chi connectivity index (χ1v) is 7.26. The van der Waals surface area contributed by atoms with Crippen molar-refractivity contribution >= 4 is 16.6 Å². The van der Waals surface area contributed by atoms with E-state index in [1.165, 1.54) is 12.1 Å². The van der Waals surface area contributed by atoms with Gasteiger partial charge in [-0.05, 0) is 31.2 Å². The topological polar surface area (TPSA) is 64.0 Å². The molecule has 0 spiro atoms. The number of aryl methyl sites for hydroxylation is 1. The number of nitrogens with two attached hydrogens (primary N) is 1. The van der Waals surface area contributed by atoms with Crippen LogP contribution in [0.2, 0.25) is 0 Å². The van der Waals surface area contributed by atoms with E-state index in [9.17, 15) is 9.65 Å². The third-order valence-corrected chi connectivity index (χ3v) is 3.97. The Hall–Kier alpha value is -3.00. The third-order valence-electron chi connectivity index (χ3n) is 3.97. The molecule has 23 heavy (non-hydrogen) atoms. The Morgan fingerprint density at radius 2 is 2.04 bits per heavy atom. The summed E-state index contributed by atoms with van der Waals surface area (Å²) < 4.78 is 21.1. The predicted molar refractivity (Wildman–Crippen MR) is 88.7 cm³/mol. The highest BCUT2D eigenvalue weighted by Gasteiger charge is 2.19. The standard InChI is InChI=1S/C18H16FN3O/c1-3-22-17-9-12(23-2)5-6-13(17)14(10-20)18(22)11-4-7-16(21)15(19)8-11/h4-9H,3,21H2,1-2H3. The van der Waals surface area contributed by atoms with Crippen LogP contribution >= 0.6 is 0 Å². The van der Waals surface area contributed by atoms with Crippen LogP contribution in [0.4, 0.5) is 10.1 Å². The number of aromatic nitrogens is 1. The highest BCUT2D eigenvalue weighted by molar-refractivity contribution is 5.95. The van der Waals surface area contributed by atoms with Crippen molar-refractivity contribution in [1.82, 2.24) is 4.57 Å². The zero-order valence-corrected chi connectivity index (χ0v) is 12.9. The molecule has 2 aromatic carbocycles. The zero-order valence-electron chi connectivity index (χ0n) is 12.9. The molecule has 116 valence electrons. The highest BCUT2D eigenvalue weighted by Crippen LogP contribution is 2.35. The van der Waals surface area contributed by atoms with E-state index in [2.05, 4.69) is 6.07 Å². The van der Waals surface area contributed by atoms with Gasteiger partial charge in [0.15, 0.2) is 0 Å². The third kappa shape index (κ3) is 2.29. The van der Waals surface area contributed by atoms with Gasteiger partial charge in [0.25, 0.3) is 0 Å². The quantitative estimate of drug-likeness (QED) is 0.746. The summed E-state index contributed by atoms with van der Waals surface area (Å²) in [5.41, 5.74) is 8.38. The highest BCUT2D eigenvalue weighted by atomic mass is 19.1. The van der Waals surface area contributed by atoms with Gasteiger partial charge in [-0.1, -0.05) is 6.07 Å². The fourth-order valence-electron chi connectivity index (χ4n) is 2.87. The fourth-order valence-corrected chi connectivity index (χ4v) is 2.87. The first kappa shape index (κ1) is 14.9. The molecule has 0 saturated heterocycles. The molecular weight excluding hydrogens is 293 g/mol. The molecule has 0 unspecified atom stereocenters. The number of methoxy groups -OCH3 is 1. The van der Waals surface area contributed by atoms with E-state index < -0.39 is 5.82 Å². The molecular formula is C18H16FN3O. The van der Waals surface area contributed by atoms with E-state index in [1.54, 1.807) is 13.2 Å². The number of halogens is 1. The lowest BCUT2D eigenvalue weighted by Gasteiger charge is -2.10. The molecule has 0 aliphatic carbocycles. The second-order valence-corrected chi connectivity index (χ2v) is 5.20. The minimum Gasteiger partial charge on any atom is -0.497 e. The summed E-state index contributed by atoms with van der Waals surface area (Å²) >= 11 is 0. The van der Waals surface area contributed by atoms with Gasteiger partial charge in [-0.15, -0.1) is 0 Å².